The molecule has 0 atom stereocenters. The van der Waals surface area contributed by atoms with Crippen LogP contribution in [0.1, 0.15) is 26.3 Å². The van der Waals surface area contributed by atoms with Gasteiger partial charge in [-0.05, 0) is 6.92 Å². The van der Waals surface area contributed by atoms with Crippen LogP contribution < -0.4 is 0 Å². The second kappa shape index (κ2) is 7.62. The monoisotopic (exact) mass is 348 g/mol. The van der Waals surface area contributed by atoms with Gasteiger partial charge in [-0.3, -0.25) is 9.59 Å². The number of carbonyl (C=O) groups is 2. The topological polar surface area (TPSA) is 52.6 Å². The maximum atomic E-state index is 11.9. The fourth-order valence-corrected chi connectivity index (χ4v) is 1.79. The van der Waals surface area contributed by atoms with Crippen molar-refractivity contribution in [2.75, 3.05) is 0 Å². The molecule has 0 aromatic heterocycles. The van der Waals surface area contributed by atoms with Crippen LogP contribution in [0.4, 0.5) is 0 Å². The summed E-state index contributed by atoms with van der Waals surface area (Å²) >= 11 is 0. The van der Waals surface area contributed by atoms with Gasteiger partial charge in [-0.1, -0.05) is 0 Å². The van der Waals surface area contributed by atoms with Crippen LogP contribution in [0.2, 0.25) is 0 Å². The first kappa shape index (κ1) is 19.2. The van der Waals surface area contributed by atoms with Crippen molar-refractivity contribution in [3.8, 4) is 0 Å². The molecule has 0 spiro atoms. The van der Waals surface area contributed by atoms with Gasteiger partial charge in [0.25, 0.3) is 5.79 Å². The zero-order valence-electron chi connectivity index (χ0n) is 12.8. The van der Waals surface area contributed by atoms with Gasteiger partial charge in [0, 0.05) is 30.9 Å². The third-order valence-corrected chi connectivity index (χ3v) is 2.95. The molecule has 1 heterocycles. The Bertz CT molecular complexity index is 574. The Labute approximate surface area is 147 Å². The first-order valence-electron chi connectivity index (χ1n) is 6.51. The number of ether oxygens (including phenoxy) is 2. The van der Waals surface area contributed by atoms with Gasteiger partial charge in [-0.2, -0.15) is 6.42 Å². The molecule has 1 aliphatic rings. The van der Waals surface area contributed by atoms with Crippen molar-refractivity contribution >= 4 is 11.9 Å². The summed E-state index contributed by atoms with van der Waals surface area (Å²) in [4.78, 5) is 23.8. The molecule has 23 heavy (non-hydrogen) atoms. The Balaban J connectivity index is 0.000000377. The molecule has 0 N–H and O–H groups in total. The SMILES string of the molecule is CC1(C)OC(=O)C(C)(C[c-]2[c-][c-][c-][c-]2)C(=O)O1.[Fe].[c-]1[c-][c-][cH-][c-]1. The molecule has 5 heteroatoms. The van der Waals surface area contributed by atoms with Gasteiger partial charge >= 0.3 is 11.9 Å². The molecule has 3 rings (SSSR count). The largest absolute Gasteiger partial charge is 0.999 e. The molecule has 0 bridgehead atoms. The van der Waals surface area contributed by atoms with Gasteiger partial charge in [0.05, 0.1) is 0 Å². The maximum Gasteiger partial charge on any atom is 0.323 e. The number of esters is 2. The fourth-order valence-electron chi connectivity index (χ4n) is 1.79. The van der Waals surface area contributed by atoms with Crippen molar-refractivity contribution in [3.63, 3.8) is 0 Å². The Morgan fingerprint density at radius 2 is 1.43 bits per heavy atom. The van der Waals surface area contributed by atoms with Crippen molar-refractivity contribution < 1.29 is 36.1 Å². The van der Waals surface area contributed by atoms with Gasteiger partial charge in [0.15, 0.2) is 0 Å². The molecule has 126 valence electrons. The second-order valence-electron chi connectivity index (χ2n) is 5.35. The average molecular weight is 348 g/mol. The van der Waals surface area contributed by atoms with E-state index in [-0.39, 0.29) is 23.5 Å². The molecule has 1 saturated heterocycles. The molecule has 1 aliphatic heterocycles. The van der Waals surface area contributed by atoms with Crippen LogP contribution in [0.25, 0.3) is 0 Å². The molecule has 2 aromatic carbocycles. The van der Waals surface area contributed by atoms with Gasteiger partial charge < -0.3 is 69.6 Å². The molecular weight excluding hydrogens is 336 g/mol. The first-order valence-corrected chi connectivity index (χ1v) is 6.51. The Morgan fingerprint density at radius 3 is 1.83 bits per heavy atom. The average Bonchev–Trinajstić information content (AvgIpc) is 3.11. The van der Waals surface area contributed by atoms with Crippen LogP contribution in [0, 0.1) is 53.9 Å². The third-order valence-electron chi connectivity index (χ3n) is 2.95. The summed E-state index contributed by atoms with van der Waals surface area (Å²) in [5.74, 6) is -2.39. The summed E-state index contributed by atoms with van der Waals surface area (Å²) in [6, 6.07) is 22.6. The van der Waals surface area contributed by atoms with Crippen molar-refractivity contribution in [1.29, 1.82) is 0 Å². The fraction of sp³-hybridized carbons (Fsp3) is 0.333. The van der Waals surface area contributed by atoms with Crippen LogP contribution >= 0.6 is 0 Å². The van der Waals surface area contributed by atoms with Crippen LogP contribution in [-0.2, 0) is 42.6 Å². The zero-order chi connectivity index (χ0) is 16.2. The first-order chi connectivity index (χ1) is 10.3. The van der Waals surface area contributed by atoms with Gasteiger partial charge in [-0.25, -0.2) is 0 Å². The minimum atomic E-state index is -1.35. The molecule has 0 radical (unpaired) electrons. The molecule has 0 unspecified atom stereocenters. The predicted molar refractivity (Wildman–Crippen MR) is 72.8 cm³/mol. The second-order valence-corrected chi connectivity index (χ2v) is 5.35. The van der Waals surface area contributed by atoms with E-state index < -0.39 is 23.1 Å². The van der Waals surface area contributed by atoms with E-state index >= 15 is 0 Å². The smallest absolute Gasteiger partial charge is 0.323 e. The number of cyclic esters (lactones) is 2. The summed E-state index contributed by atoms with van der Waals surface area (Å²) in [5, 5.41) is 0. The van der Waals surface area contributed by atoms with Crippen LogP contribution in [0.5, 0.6) is 0 Å². The van der Waals surface area contributed by atoms with Crippen molar-refractivity contribution in [1.82, 2.24) is 0 Å². The quantitative estimate of drug-likeness (QED) is 0.358. The van der Waals surface area contributed by atoms with Crippen LogP contribution in [0.3, 0.4) is 0 Å². The Kier molecular flexibility index (Phi) is 6.36. The molecule has 0 amide bonds. The van der Waals surface area contributed by atoms with E-state index in [0.29, 0.717) is 5.56 Å². The van der Waals surface area contributed by atoms with E-state index in [1.165, 1.54) is 20.8 Å². The van der Waals surface area contributed by atoms with E-state index in [2.05, 4.69) is 48.5 Å². The van der Waals surface area contributed by atoms with Crippen molar-refractivity contribution in [3.05, 3.63) is 60.2 Å². The van der Waals surface area contributed by atoms with Crippen molar-refractivity contribution in [2.24, 2.45) is 5.41 Å². The van der Waals surface area contributed by atoms with Gasteiger partial charge in [-0.15, -0.1) is 0 Å². The van der Waals surface area contributed by atoms with Crippen LogP contribution in [0.15, 0.2) is 6.07 Å². The zero-order valence-corrected chi connectivity index (χ0v) is 13.9. The summed E-state index contributed by atoms with van der Waals surface area (Å²) in [5.41, 5.74) is -0.792. The number of rotatable bonds is 2. The van der Waals surface area contributed by atoms with E-state index in [1.54, 1.807) is 6.07 Å². The Morgan fingerprint density at radius 1 is 0.957 bits per heavy atom. The molecule has 0 aliphatic carbocycles. The van der Waals surface area contributed by atoms with Gasteiger partial charge in [0.2, 0.25) is 0 Å². The third kappa shape index (κ3) is 4.81. The molecule has 2 aromatic rings. The normalized spacial score (nSPS) is 17.9. The summed E-state index contributed by atoms with van der Waals surface area (Å²) < 4.78 is 10.2. The van der Waals surface area contributed by atoms with Crippen molar-refractivity contribution in [2.45, 2.75) is 33.0 Å². The molecular formula is C18H12FeO4-10. The number of hydrogen-bond acceptors (Lipinski definition) is 4. The van der Waals surface area contributed by atoms with Crippen LogP contribution in [-0.4, -0.2) is 17.7 Å². The number of carbonyl (C=O) groups excluding carboxylic acids is 2. The van der Waals surface area contributed by atoms with Gasteiger partial charge in [0.1, 0.15) is 5.41 Å². The summed E-state index contributed by atoms with van der Waals surface area (Å²) in [6.07, 6.45) is 0.126. The molecule has 1 fully saturated rings. The molecule has 4 nitrogen and oxygen atoms in total. The minimum absolute atomic E-state index is 0. The maximum absolute atomic E-state index is 11.9. The van der Waals surface area contributed by atoms with E-state index in [9.17, 15) is 9.59 Å². The molecule has 0 saturated carbocycles. The Hall–Kier alpha value is -1.84. The minimum Gasteiger partial charge on any atom is -0.999 e. The number of hydrogen-bond donors (Lipinski definition) is 0. The van der Waals surface area contributed by atoms with E-state index in [4.69, 9.17) is 9.47 Å². The predicted octanol–water partition coefficient (Wildman–Crippen LogP) is 1.59. The summed E-state index contributed by atoms with van der Waals surface area (Å²) in [7, 11) is 0. The standard InChI is InChI=1S/C13H11O4.C5H.Fe/c1-12(2)16-10(14)13(3,11(15)17-12)8-9-6-4-5-7-9;1-2-4-5-3-1;/h8H2,1-3H3;1H;/q2*-5;. The summed E-state index contributed by atoms with van der Waals surface area (Å²) in [6.45, 7) is 4.52. The van der Waals surface area contributed by atoms with E-state index in [0.717, 1.165) is 0 Å². The van der Waals surface area contributed by atoms with E-state index in [1.807, 2.05) is 0 Å².